The third kappa shape index (κ3) is 4.34. The summed E-state index contributed by atoms with van der Waals surface area (Å²) >= 11 is 1.26. The van der Waals surface area contributed by atoms with E-state index in [9.17, 15) is 18.0 Å². The third-order valence-corrected chi connectivity index (χ3v) is 3.75. The van der Waals surface area contributed by atoms with Crippen LogP contribution >= 0.6 is 11.3 Å². The Morgan fingerprint density at radius 3 is 2.50 bits per heavy atom. The molecule has 0 bridgehead atoms. The van der Waals surface area contributed by atoms with Gasteiger partial charge in [-0.2, -0.15) is 13.2 Å². The van der Waals surface area contributed by atoms with Crippen molar-refractivity contribution in [2.24, 2.45) is 0 Å². The average Bonchev–Trinajstić information content (AvgIpc) is 2.73. The monoisotopic (exact) mass is 308 g/mol. The summed E-state index contributed by atoms with van der Waals surface area (Å²) in [5.41, 5.74) is 6.09. The van der Waals surface area contributed by atoms with Crippen LogP contribution in [0.4, 0.5) is 18.3 Å². The van der Waals surface area contributed by atoms with Gasteiger partial charge in [0.05, 0.1) is 18.7 Å². The van der Waals surface area contributed by atoms with Crippen LogP contribution in [-0.4, -0.2) is 59.6 Å². The molecule has 1 saturated heterocycles. The maximum atomic E-state index is 12.2. The van der Waals surface area contributed by atoms with E-state index in [-0.39, 0.29) is 25.4 Å². The largest absolute Gasteiger partial charge is 0.401 e. The minimum Gasteiger partial charge on any atom is -0.375 e. The lowest BCUT2D eigenvalue weighted by Crippen LogP contribution is -2.51. The van der Waals surface area contributed by atoms with Crippen molar-refractivity contribution in [3.8, 4) is 0 Å². The van der Waals surface area contributed by atoms with Gasteiger partial charge in [0.2, 0.25) is 5.91 Å². The molecule has 1 aromatic heterocycles. The van der Waals surface area contributed by atoms with Gasteiger partial charge in [-0.15, -0.1) is 11.3 Å². The van der Waals surface area contributed by atoms with Gasteiger partial charge in [-0.25, -0.2) is 4.98 Å². The van der Waals surface area contributed by atoms with E-state index < -0.39 is 12.7 Å². The number of thiazole rings is 1. The highest BCUT2D eigenvalue weighted by atomic mass is 32.1. The lowest BCUT2D eigenvalue weighted by molar-refractivity contribution is -0.151. The number of piperazine rings is 1. The highest BCUT2D eigenvalue weighted by molar-refractivity contribution is 7.13. The number of anilines is 1. The van der Waals surface area contributed by atoms with Crippen molar-refractivity contribution in [1.29, 1.82) is 0 Å². The molecule has 1 aromatic rings. The predicted octanol–water partition coefficient (Wildman–Crippen LogP) is 0.974. The number of halogens is 3. The maximum Gasteiger partial charge on any atom is 0.401 e. The summed E-state index contributed by atoms with van der Waals surface area (Å²) in [6.07, 6.45) is -4.04. The Morgan fingerprint density at radius 1 is 1.35 bits per heavy atom. The van der Waals surface area contributed by atoms with Crippen LogP contribution in [0.25, 0.3) is 0 Å². The first kappa shape index (κ1) is 15.0. The lowest BCUT2D eigenvalue weighted by Gasteiger charge is -2.34. The summed E-state index contributed by atoms with van der Waals surface area (Å²) in [7, 11) is 0. The molecule has 0 atom stereocenters. The number of alkyl halides is 3. The number of hydrogen-bond donors (Lipinski definition) is 1. The molecule has 0 unspecified atom stereocenters. The van der Waals surface area contributed by atoms with Crippen LogP contribution in [0.3, 0.4) is 0 Å². The number of carbonyl (C=O) groups excluding carboxylic acids is 1. The van der Waals surface area contributed by atoms with Gasteiger partial charge in [-0.05, 0) is 0 Å². The van der Waals surface area contributed by atoms with E-state index in [0.717, 1.165) is 0 Å². The van der Waals surface area contributed by atoms with E-state index in [1.807, 2.05) is 0 Å². The Hall–Kier alpha value is -1.35. The fraction of sp³-hybridized carbons (Fsp3) is 0.636. The number of rotatable bonds is 3. The Bertz CT molecular complexity index is 468. The lowest BCUT2D eigenvalue weighted by atomic mass is 10.2. The maximum absolute atomic E-state index is 12.2. The number of hydrogen-bond acceptors (Lipinski definition) is 5. The summed E-state index contributed by atoms with van der Waals surface area (Å²) in [6, 6.07) is 0. The molecule has 1 aliphatic rings. The first-order chi connectivity index (χ1) is 9.33. The van der Waals surface area contributed by atoms with Crippen molar-refractivity contribution in [1.82, 2.24) is 14.8 Å². The molecule has 0 radical (unpaired) electrons. The van der Waals surface area contributed by atoms with Crippen molar-refractivity contribution in [3.05, 3.63) is 11.1 Å². The summed E-state index contributed by atoms with van der Waals surface area (Å²) in [5, 5.41) is 2.12. The summed E-state index contributed by atoms with van der Waals surface area (Å²) < 4.78 is 36.7. The zero-order chi connectivity index (χ0) is 14.8. The van der Waals surface area contributed by atoms with E-state index in [1.165, 1.54) is 16.2 Å². The van der Waals surface area contributed by atoms with Crippen LogP contribution in [-0.2, 0) is 11.2 Å². The van der Waals surface area contributed by atoms with Crippen molar-refractivity contribution in [2.75, 3.05) is 38.5 Å². The second kappa shape index (κ2) is 5.96. The van der Waals surface area contributed by atoms with Gasteiger partial charge in [0.25, 0.3) is 0 Å². The molecule has 0 spiro atoms. The van der Waals surface area contributed by atoms with E-state index in [2.05, 4.69) is 4.98 Å². The Morgan fingerprint density at radius 2 is 2.00 bits per heavy atom. The van der Waals surface area contributed by atoms with Crippen LogP contribution < -0.4 is 5.73 Å². The molecule has 20 heavy (non-hydrogen) atoms. The van der Waals surface area contributed by atoms with Gasteiger partial charge in [0.1, 0.15) is 0 Å². The molecule has 0 aromatic carbocycles. The topological polar surface area (TPSA) is 62.5 Å². The molecule has 112 valence electrons. The summed E-state index contributed by atoms with van der Waals surface area (Å²) in [5.74, 6) is -0.123. The minimum atomic E-state index is -4.19. The average molecular weight is 308 g/mol. The number of aromatic nitrogens is 1. The predicted molar refractivity (Wildman–Crippen MR) is 69.3 cm³/mol. The smallest absolute Gasteiger partial charge is 0.375 e. The Balaban J connectivity index is 1.80. The molecule has 1 aliphatic heterocycles. The first-order valence-electron chi connectivity index (χ1n) is 6.10. The van der Waals surface area contributed by atoms with Gasteiger partial charge in [-0.3, -0.25) is 9.69 Å². The van der Waals surface area contributed by atoms with Gasteiger partial charge in [0, 0.05) is 31.6 Å². The van der Waals surface area contributed by atoms with Gasteiger partial charge in [-0.1, -0.05) is 0 Å². The highest BCUT2D eigenvalue weighted by Crippen LogP contribution is 2.18. The molecular formula is C11H15F3N4OS. The zero-order valence-electron chi connectivity index (χ0n) is 10.7. The zero-order valence-corrected chi connectivity index (χ0v) is 11.5. The highest BCUT2D eigenvalue weighted by Gasteiger charge is 2.32. The van der Waals surface area contributed by atoms with E-state index in [4.69, 9.17) is 5.73 Å². The fourth-order valence-electron chi connectivity index (χ4n) is 2.08. The number of nitrogens with two attached hydrogens (primary N) is 1. The number of nitrogens with zero attached hydrogens (tertiary/aromatic N) is 3. The SMILES string of the molecule is Nc1nc(CC(=O)N2CCN(CC(F)(F)F)CC2)cs1. The van der Waals surface area contributed by atoms with Crippen LogP contribution in [0.1, 0.15) is 5.69 Å². The Kier molecular flexibility index (Phi) is 4.48. The van der Waals surface area contributed by atoms with Gasteiger partial charge in [0.15, 0.2) is 5.13 Å². The normalized spacial score (nSPS) is 17.4. The second-order valence-corrected chi connectivity index (χ2v) is 5.52. The van der Waals surface area contributed by atoms with Gasteiger partial charge < -0.3 is 10.6 Å². The molecule has 0 aliphatic carbocycles. The Labute approximate surface area is 118 Å². The number of carbonyl (C=O) groups is 1. The molecule has 1 amide bonds. The van der Waals surface area contributed by atoms with Crippen molar-refractivity contribution >= 4 is 22.4 Å². The van der Waals surface area contributed by atoms with Crippen LogP contribution in [0.2, 0.25) is 0 Å². The fourth-order valence-corrected chi connectivity index (χ4v) is 2.64. The quantitative estimate of drug-likeness (QED) is 0.904. The second-order valence-electron chi connectivity index (χ2n) is 4.63. The molecular weight excluding hydrogens is 293 g/mol. The van der Waals surface area contributed by atoms with Gasteiger partial charge >= 0.3 is 6.18 Å². The van der Waals surface area contributed by atoms with Crippen LogP contribution in [0.5, 0.6) is 0 Å². The minimum absolute atomic E-state index is 0.123. The van der Waals surface area contributed by atoms with Crippen LogP contribution in [0, 0.1) is 0 Å². The van der Waals surface area contributed by atoms with Crippen molar-refractivity contribution in [3.63, 3.8) is 0 Å². The standard InChI is InChI=1S/C11H15F3N4OS/c12-11(13,14)7-17-1-3-18(4-2-17)9(19)5-8-6-20-10(15)16-8/h6H,1-5,7H2,(H2,15,16). The van der Waals surface area contributed by atoms with E-state index in [1.54, 1.807) is 10.3 Å². The van der Waals surface area contributed by atoms with Crippen molar-refractivity contribution in [2.45, 2.75) is 12.6 Å². The third-order valence-electron chi connectivity index (χ3n) is 3.03. The first-order valence-corrected chi connectivity index (χ1v) is 6.98. The molecule has 9 heteroatoms. The van der Waals surface area contributed by atoms with E-state index >= 15 is 0 Å². The molecule has 2 heterocycles. The summed E-state index contributed by atoms with van der Waals surface area (Å²) in [6.45, 7) is 0.190. The molecule has 1 fully saturated rings. The molecule has 2 rings (SSSR count). The number of amides is 1. The number of nitrogen functional groups attached to an aromatic ring is 1. The molecule has 0 saturated carbocycles. The molecule has 5 nitrogen and oxygen atoms in total. The van der Waals surface area contributed by atoms with E-state index in [0.29, 0.717) is 23.9 Å². The van der Waals surface area contributed by atoms with Crippen molar-refractivity contribution < 1.29 is 18.0 Å². The molecule has 2 N–H and O–H groups in total. The van der Waals surface area contributed by atoms with Crippen LogP contribution in [0.15, 0.2) is 5.38 Å². The summed E-state index contributed by atoms with van der Waals surface area (Å²) in [4.78, 5) is 18.9.